The molecule has 1 aromatic heterocycles. The second-order valence-corrected chi connectivity index (χ2v) is 7.99. The Morgan fingerprint density at radius 2 is 2.07 bits per heavy atom. The molecule has 0 saturated carbocycles. The molecule has 0 aliphatic carbocycles. The molecule has 3 rings (SSSR count). The van der Waals surface area contributed by atoms with Gasteiger partial charge in [0.05, 0.1) is 13.7 Å². The lowest BCUT2D eigenvalue weighted by atomic mass is 9.73. The van der Waals surface area contributed by atoms with Crippen molar-refractivity contribution >= 4 is 17.3 Å². The van der Waals surface area contributed by atoms with Crippen LogP contribution >= 0.6 is 11.3 Å². The molecular weight excluding hydrogens is 358 g/mol. The van der Waals surface area contributed by atoms with E-state index in [2.05, 4.69) is 58.3 Å². The Morgan fingerprint density at radius 1 is 1.26 bits per heavy atom. The molecule has 146 valence electrons. The van der Waals surface area contributed by atoms with Gasteiger partial charge in [0.2, 0.25) is 0 Å². The van der Waals surface area contributed by atoms with Crippen molar-refractivity contribution in [3.8, 4) is 5.75 Å². The Bertz CT molecular complexity index is 753. The van der Waals surface area contributed by atoms with E-state index in [-0.39, 0.29) is 5.41 Å². The van der Waals surface area contributed by atoms with Gasteiger partial charge in [-0.05, 0) is 37.3 Å². The molecule has 1 fully saturated rings. The lowest BCUT2D eigenvalue weighted by Gasteiger charge is -2.39. The van der Waals surface area contributed by atoms with Crippen molar-refractivity contribution in [1.82, 2.24) is 10.6 Å². The molecule has 0 spiro atoms. The van der Waals surface area contributed by atoms with Crippen molar-refractivity contribution in [2.45, 2.75) is 31.7 Å². The highest BCUT2D eigenvalue weighted by Gasteiger charge is 2.37. The first-order chi connectivity index (χ1) is 13.2. The molecule has 0 unspecified atom stereocenters. The van der Waals surface area contributed by atoms with Crippen LogP contribution in [0.25, 0.3) is 0 Å². The Balaban J connectivity index is 1.76. The maximum absolute atomic E-state index is 5.70. The van der Waals surface area contributed by atoms with Crippen LogP contribution in [0.3, 0.4) is 0 Å². The zero-order chi connectivity index (χ0) is 19.1. The number of ether oxygens (including phenoxy) is 2. The molecule has 2 heterocycles. The number of aliphatic imine (C=N–C) groups is 1. The summed E-state index contributed by atoms with van der Waals surface area (Å²) in [4.78, 5) is 5.68. The van der Waals surface area contributed by atoms with E-state index in [0.29, 0.717) is 0 Å². The van der Waals surface area contributed by atoms with Gasteiger partial charge in [0.15, 0.2) is 5.96 Å². The molecule has 0 bridgehead atoms. The second-order valence-electron chi connectivity index (χ2n) is 6.96. The SMILES string of the molecule is CN=C(NCc1cccs1)NCC1(c2cc(C)ccc2OC)CCOCC1. The minimum Gasteiger partial charge on any atom is -0.496 e. The van der Waals surface area contributed by atoms with Crippen molar-refractivity contribution in [2.75, 3.05) is 33.9 Å². The predicted octanol–water partition coefficient (Wildman–Crippen LogP) is 3.48. The Hall–Kier alpha value is -2.05. The first-order valence-corrected chi connectivity index (χ1v) is 10.2. The molecule has 1 aliphatic heterocycles. The van der Waals surface area contributed by atoms with E-state index in [4.69, 9.17) is 9.47 Å². The monoisotopic (exact) mass is 387 g/mol. The summed E-state index contributed by atoms with van der Waals surface area (Å²) in [7, 11) is 3.56. The van der Waals surface area contributed by atoms with Crippen LogP contribution in [0.1, 0.15) is 28.8 Å². The number of guanidine groups is 1. The molecule has 0 atom stereocenters. The maximum atomic E-state index is 5.70. The van der Waals surface area contributed by atoms with Gasteiger partial charge < -0.3 is 20.1 Å². The lowest BCUT2D eigenvalue weighted by molar-refractivity contribution is 0.0505. The zero-order valence-corrected chi connectivity index (χ0v) is 17.2. The van der Waals surface area contributed by atoms with Gasteiger partial charge in [-0.15, -0.1) is 11.3 Å². The van der Waals surface area contributed by atoms with E-state index in [1.54, 1.807) is 18.4 Å². The molecular formula is C21H29N3O2S. The number of benzene rings is 1. The average molecular weight is 388 g/mol. The van der Waals surface area contributed by atoms with Crippen LogP contribution in [0.15, 0.2) is 40.7 Å². The van der Waals surface area contributed by atoms with Gasteiger partial charge in [-0.3, -0.25) is 4.99 Å². The van der Waals surface area contributed by atoms with Crippen LogP contribution in [-0.2, 0) is 16.7 Å². The number of rotatable bonds is 6. The summed E-state index contributed by atoms with van der Waals surface area (Å²) in [5.41, 5.74) is 2.47. The van der Waals surface area contributed by atoms with Gasteiger partial charge >= 0.3 is 0 Å². The predicted molar refractivity (Wildman–Crippen MR) is 112 cm³/mol. The molecule has 0 radical (unpaired) electrons. The van der Waals surface area contributed by atoms with Crippen molar-refractivity contribution in [3.63, 3.8) is 0 Å². The third-order valence-corrected chi connectivity index (χ3v) is 6.08. The zero-order valence-electron chi connectivity index (χ0n) is 16.4. The van der Waals surface area contributed by atoms with Crippen molar-refractivity contribution < 1.29 is 9.47 Å². The van der Waals surface area contributed by atoms with Crippen molar-refractivity contribution in [2.24, 2.45) is 4.99 Å². The molecule has 1 aliphatic rings. The van der Waals surface area contributed by atoms with Crippen LogP contribution in [0, 0.1) is 6.92 Å². The van der Waals surface area contributed by atoms with Gasteiger partial charge in [-0.1, -0.05) is 23.8 Å². The molecule has 2 N–H and O–H groups in total. The topological polar surface area (TPSA) is 54.9 Å². The van der Waals surface area contributed by atoms with E-state index < -0.39 is 0 Å². The smallest absolute Gasteiger partial charge is 0.191 e. The molecule has 27 heavy (non-hydrogen) atoms. The summed E-state index contributed by atoms with van der Waals surface area (Å²) in [6.07, 6.45) is 1.92. The number of nitrogens with one attached hydrogen (secondary N) is 2. The van der Waals surface area contributed by atoms with Gasteiger partial charge in [-0.25, -0.2) is 0 Å². The van der Waals surface area contributed by atoms with E-state index in [9.17, 15) is 0 Å². The minimum atomic E-state index is -0.0316. The fraction of sp³-hybridized carbons (Fsp3) is 0.476. The number of hydrogen-bond donors (Lipinski definition) is 2. The van der Waals surface area contributed by atoms with Gasteiger partial charge in [0.25, 0.3) is 0 Å². The summed E-state index contributed by atoms with van der Waals surface area (Å²) < 4.78 is 11.4. The average Bonchev–Trinajstić information content (AvgIpc) is 3.22. The van der Waals surface area contributed by atoms with Crippen molar-refractivity contribution in [1.29, 1.82) is 0 Å². The first kappa shape index (κ1) is 19.7. The summed E-state index contributed by atoms with van der Waals surface area (Å²) in [6, 6.07) is 10.6. The third-order valence-electron chi connectivity index (χ3n) is 5.20. The summed E-state index contributed by atoms with van der Waals surface area (Å²) in [5.74, 6) is 1.77. The van der Waals surface area contributed by atoms with Gasteiger partial charge in [0.1, 0.15) is 5.75 Å². The largest absolute Gasteiger partial charge is 0.496 e. The molecule has 6 heteroatoms. The Morgan fingerprint density at radius 3 is 2.74 bits per heavy atom. The van der Waals surface area contributed by atoms with Crippen LogP contribution in [-0.4, -0.2) is 39.9 Å². The highest BCUT2D eigenvalue weighted by atomic mass is 32.1. The number of thiophene rings is 1. The molecule has 2 aromatic rings. The van der Waals surface area contributed by atoms with Crippen molar-refractivity contribution in [3.05, 3.63) is 51.7 Å². The molecule has 5 nitrogen and oxygen atoms in total. The van der Waals surface area contributed by atoms with Gasteiger partial charge in [-0.2, -0.15) is 0 Å². The fourth-order valence-corrected chi connectivity index (χ4v) is 4.24. The van der Waals surface area contributed by atoms with E-state index in [1.807, 2.05) is 7.05 Å². The van der Waals surface area contributed by atoms with Crippen LogP contribution in [0.5, 0.6) is 5.75 Å². The van der Waals surface area contributed by atoms with Crippen LogP contribution < -0.4 is 15.4 Å². The van der Waals surface area contributed by atoms with Crippen LogP contribution in [0.4, 0.5) is 0 Å². The van der Waals surface area contributed by atoms with E-state index in [0.717, 1.165) is 50.9 Å². The Kier molecular flexibility index (Phi) is 6.74. The molecule has 0 amide bonds. The van der Waals surface area contributed by atoms with E-state index >= 15 is 0 Å². The first-order valence-electron chi connectivity index (χ1n) is 9.37. The summed E-state index contributed by atoms with van der Waals surface area (Å²) >= 11 is 1.75. The normalized spacial score (nSPS) is 16.8. The summed E-state index contributed by atoms with van der Waals surface area (Å²) in [5, 5.41) is 9.04. The number of nitrogens with zero attached hydrogens (tertiary/aromatic N) is 1. The van der Waals surface area contributed by atoms with E-state index in [1.165, 1.54) is 16.0 Å². The lowest BCUT2D eigenvalue weighted by Crippen LogP contribution is -2.48. The second kappa shape index (κ2) is 9.24. The van der Waals surface area contributed by atoms with Crippen LogP contribution in [0.2, 0.25) is 0 Å². The minimum absolute atomic E-state index is 0.0316. The quantitative estimate of drug-likeness (QED) is 0.589. The number of aryl methyl sites for hydroxylation is 1. The highest BCUT2D eigenvalue weighted by Crippen LogP contribution is 2.40. The van der Waals surface area contributed by atoms with Gasteiger partial charge in [0, 0.05) is 42.7 Å². The highest BCUT2D eigenvalue weighted by molar-refractivity contribution is 7.09. The summed E-state index contributed by atoms with van der Waals surface area (Å²) in [6.45, 7) is 5.23. The third kappa shape index (κ3) is 4.82. The number of methoxy groups -OCH3 is 1. The molecule has 1 saturated heterocycles. The fourth-order valence-electron chi connectivity index (χ4n) is 3.60. The maximum Gasteiger partial charge on any atom is 0.191 e. The molecule has 1 aromatic carbocycles. The Labute approximate surface area is 165 Å². The standard InChI is InChI=1S/C21H29N3O2S/c1-16-6-7-19(25-3)18(13-16)21(8-10-26-11-9-21)15-24-20(22-2)23-14-17-5-4-12-27-17/h4-7,12-13H,8-11,14-15H2,1-3H3,(H2,22,23,24). The number of hydrogen-bond acceptors (Lipinski definition) is 4.